The van der Waals surface area contributed by atoms with E-state index in [1.807, 2.05) is 0 Å². The van der Waals surface area contributed by atoms with E-state index in [0.29, 0.717) is 25.8 Å². The van der Waals surface area contributed by atoms with Crippen molar-refractivity contribution >= 4 is 34.7 Å². The molecule has 2 aliphatic heterocycles. The Kier molecular flexibility index (Phi) is 4.87. The summed E-state index contributed by atoms with van der Waals surface area (Å²) >= 11 is 1.04. The van der Waals surface area contributed by atoms with Gasteiger partial charge in [0.15, 0.2) is 11.2 Å². The summed E-state index contributed by atoms with van der Waals surface area (Å²) in [6.45, 7) is 1.80. The molecule has 2 amide bonds. The molecule has 0 radical (unpaired) electrons. The number of hydrazine groups is 1. The van der Waals surface area contributed by atoms with Gasteiger partial charge in [0, 0.05) is 31.6 Å². The SMILES string of the molecule is CC(=O)SCC1CCC(=O)N2CCCC(C(=O)O)N2C1=O. The van der Waals surface area contributed by atoms with E-state index < -0.39 is 17.9 Å². The summed E-state index contributed by atoms with van der Waals surface area (Å²) < 4.78 is 0. The van der Waals surface area contributed by atoms with Crippen LogP contribution in [0, 0.1) is 5.92 Å². The molecule has 0 aromatic carbocycles. The Hall–Kier alpha value is -1.57. The topological polar surface area (TPSA) is 95.0 Å². The normalized spacial score (nSPS) is 26.3. The van der Waals surface area contributed by atoms with Gasteiger partial charge in [-0.2, -0.15) is 0 Å². The molecule has 0 aromatic rings. The Balaban J connectivity index is 2.24. The molecule has 0 spiro atoms. The fourth-order valence-corrected chi connectivity index (χ4v) is 3.43. The van der Waals surface area contributed by atoms with Gasteiger partial charge in [0.05, 0.1) is 0 Å². The summed E-state index contributed by atoms with van der Waals surface area (Å²) in [5.74, 6) is -1.88. The number of rotatable bonds is 3. The first-order valence-electron chi connectivity index (χ1n) is 6.91. The smallest absolute Gasteiger partial charge is 0.328 e. The van der Waals surface area contributed by atoms with Crippen molar-refractivity contribution in [2.75, 3.05) is 12.3 Å². The molecule has 7 nitrogen and oxygen atoms in total. The number of fused-ring (bicyclic) bond motifs is 1. The van der Waals surface area contributed by atoms with E-state index in [-0.39, 0.29) is 29.1 Å². The van der Waals surface area contributed by atoms with E-state index >= 15 is 0 Å². The molecule has 8 heteroatoms. The molecule has 0 saturated carbocycles. The maximum atomic E-state index is 12.6. The molecule has 2 unspecified atom stereocenters. The Morgan fingerprint density at radius 2 is 2.05 bits per heavy atom. The van der Waals surface area contributed by atoms with E-state index in [1.165, 1.54) is 11.9 Å². The highest BCUT2D eigenvalue weighted by Crippen LogP contribution is 2.29. The van der Waals surface area contributed by atoms with Crippen LogP contribution in [0.2, 0.25) is 0 Å². The molecule has 2 saturated heterocycles. The molecule has 2 fully saturated rings. The van der Waals surface area contributed by atoms with Crippen LogP contribution in [0.1, 0.15) is 32.6 Å². The maximum Gasteiger partial charge on any atom is 0.328 e. The second-order valence-electron chi connectivity index (χ2n) is 5.23. The zero-order chi connectivity index (χ0) is 15.6. The van der Waals surface area contributed by atoms with Crippen LogP contribution < -0.4 is 0 Å². The van der Waals surface area contributed by atoms with Crippen molar-refractivity contribution in [2.24, 2.45) is 5.92 Å². The molecule has 1 N–H and O–H groups in total. The van der Waals surface area contributed by atoms with E-state index in [4.69, 9.17) is 0 Å². The Bertz CT molecular complexity index is 481. The van der Waals surface area contributed by atoms with Crippen molar-refractivity contribution < 1.29 is 24.3 Å². The molecular formula is C13H18N2O5S. The lowest BCUT2D eigenvalue weighted by Gasteiger charge is -2.41. The molecule has 2 atom stereocenters. The molecule has 2 aliphatic rings. The molecular weight excluding hydrogens is 296 g/mol. The van der Waals surface area contributed by atoms with Gasteiger partial charge in [-0.25, -0.2) is 9.80 Å². The highest BCUT2D eigenvalue weighted by molar-refractivity contribution is 8.13. The second-order valence-corrected chi connectivity index (χ2v) is 6.43. The zero-order valence-corrected chi connectivity index (χ0v) is 12.6. The number of carboxylic acid groups (broad SMARTS) is 1. The van der Waals surface area contributed by atoms with Gasteiger partial charge in [0.2, 0.25) is 11.8 Å². The van der Waals surface area contributed by atoms with E-state index in [1.54, 1.807) is 0 Å². The summed E-state index contributed by atoms with van der Waals surface area (Å²) in [5, 5.41) is 11.6. The van der Waals surface area contributed by atoms with Gasteiger partial charge >= 0.3 is 5.97 Å². The summed E-state index contributed by atoms with van der Waals surface area (Å²) in [6, 6.07) is -0.988. The minimum atomic E-state index is -1.10. The van der Waals surface area contributed by atoms with Crippen molar-refractivity contribution in [3.05, 3.63) is 0 Å². The first kappa shape index (κ1) is 15.8. The molecule has 2 rings (SSSR count). The number of amides is 2. The quantitative estimate of drug-likeness (QED) is 0.815. The standard InChI is InChI=1S/C13H18N2O5S/c1-8(16)21-7-9-4-5-11(17)14-6-2-3-10(13(19)20)15(14)12(9)18/h9-10H,2-7H2,1H3,(H,19,20). The molecule has 0 aliphatic carbocycles. The van der Waals surface area contributed by atoms with Crippen molar-refractivity contribution in [3.63, 3.8) is 0 Å². The van der Waals surface area contributed by atoms with Crippen LogP contribution in [-0.2, 0) is 19.2 Å². The first-order chi connectivity index (χ1) is 9.91. The Labute approximate surface area is 126 Å². The third-order valence-corrected chi connectivity index (χ3v) is 4.72. The van der Waals surface area contributed by atoms with Gasteiger partial charge < -0.3 is 5.11 Å². The predicted octanol–water partition coefficient (Wildman–Crippen LogP) is 0.495. The van der Waals surface area contributed by atoms with Gasteiger partial charge in [0.25, 0.3) is 0 Å². The minimum Gasteiger partial charge on any atom is -0.480 e. The third kappa shape index (κ3) is 3.37. The minimum absolute atomic E-state index is 0.0938. The van der Waals surface area contributed by atoms with Crippen LogP contribution in [0.15, 0.2) is 0 Å². The number of thioether (sulfide) groups is 1. The van der Waals surface area contributed by atoms with Crippen molar-refractivity contribution in [1.29, 1.82) is 0 Å². The van der Waals surface area contributed by atoms with Crippen LogP contribution in [0.4, 0.5) is 0 Å². The lowest BCUT2D eigenvalue weighted by molar-refractivity contribution is -0.181. The van der Waals surface area contributed by atoms with Crippen molar-refractivity contribution in [1.82, 2.24) is 10.0 Å². The number of hydrogen-bond donors (Lipinski definition) is 1. The highest BCUT2D eigenvalue weighted by Gasteiger charge is 2.44. The highest BCUT2D eigenvalue weighted by atomic mass is 32.2. The van der Waals surface area contributed by atoms with Crippen LogP contribution in [0.5, 0.6) is 0 Å². The van der Waals surface area contributed by atoms with Crippen molar-refractivity contribution in [3.8, 4) is 0 Å². The van der Waals surface area contributed by atoms with E-state index in [2.05, 4.69) is 0 Å². The van der Waals surface area contributed by atoms with Crippen LogP contribution >= 0.6 is 11.8 Å². The van der Waals surface area contributed by atoms with Gasteiger partial charge in [-0.05, 0) is 19.3 Å². The van der Waals surface area contributed by atoms with E-state index in [0.717, 1.165) is 16.8 Å². The lowest BCUT2D eigenvalue weighted by atomic mass is 10.0. The molecule has 2 heterocycles. The molecule has 21 heavy (non-hydrogen) atoms. The van der Waals surface area contributed by atoms with Gasteiger partial charge in [-0.3, -0.25) is 19.4 Å². The second kappa shape index (κ2) is 6.46. The van der Waals surface area contributed by atoms with Crippen LogP contribution in [0.25, 0.3) is 0 Å². The number of nitrogens with zero attached hydrogens (tertiary/aromatic N) is 2. The number of carboxylic acids is 1. The van der Waals surface area contributed by atoms with Crippen molar-refractivity contribution in [2.45, 2.75) is 38.6 Å². The van der Waals surface area contributed by atoms with Gasteiger partial charge in [-0.1, -0.05) is 11.8 Å². The molecule has 116 valence electrons. The average Bonchev–Trinajstić information content (AvgIpc) is 2.55. The largest absolute Gasteiger partial charge is 0.480 e. The van der Waals surface area contributed by atoms with Crippen LogP contribution in [0.3, 0.4) is 0 Å². The first-order valence-corrected chi connectivity index (χ1v) is 7.90. The number of aliphatic carboxylic acids is 1. The van der Waals surface area contributed by atoms with Crippen LogP contribution in [-0.4, -0.2) is 56.4 Å². The number of carbonyl (C=O) groups excluding carboxylic acids is 3. The summed E-state index contributed by atoms with van der Waals surface area (Å²) in [5.41, 5.74) is 0. The third-order valence-electron chi connectivity index (χ3n) is 3.75. The van der Waals surface area contributed by atoms with Gasteiger partial charge in [-0.15, -0.1) is 0 Å². The maximum absolute atomic E-state index is 12.6. The lowest BCUT2D eigenvalue weighted by Crippen LogP contribution is -2.60. The van der Waals surface area contributed by atoms with E-state index in [9.17, 15) is 24.3 Å². The number of hydrogen-bond acceptors (Lipinski definition) is 5. The Morgan fingerprint density at radius 1 is 1.33 bits per heavy atom. The Morgan fingerprint density at radius 3 is 2.67 bits per heavy atom. The summed E-state index contributed by atoms with van der Waals surface area (Å²) in [7, 11) is 0. The van der Waals surface area contributed by atoms with Gasteiger partial charge in [0.1, 0.15) is 0 Å². The molecule has 0 bridgehead atoms. The monoisotopic (exact) mass is 314 g/mol. The fourth-order valence-electron chi connectivity index (χ4n) is 2.69. The summed E-state index contributed by atoms with van der Waals surface area (Å²) in [6.07, 6.45) is 1.48. The number of carbonyl (C=O) groups is 4. The molecule has 0 aromatic heterocycles. The zero-order valence-electron chi connectivity index (χ0n) is 11.8. The average molecular weight is 314 g/mol. The fraction of sp³-hybridized carbons (Fsp3) is 0.692. The predicted molar refractivity (Wildman–Crippen MR) is 75.1 cm³/mol. The summed E-state index contributed by atoms with van der Waals surface area (Å²) in [4.78, 5) is 47.1.